The van der Waals surface area contributed by atoms with E-state index in [4.69, 9.17) is 13.9 Å². The first-order valence-electron chi connectivity index (χ1n) is 9.39. The Morgan fingerprint density at radius 3 is 2.30 bits per heavy atom. The summed E-state index contributed by atoms with van der Waals surface area (Å²) in [5.74, 6) is 1.82. The highest BCUT2D eigenvalue weighted by molar-refractivity contribution is 6.69. The summed E-state index contributed by atoms with van der Waals surface area (Å²) < 4.78 is 19.7. The maximum Gasteiger partial charge on any atom is 0.184 e. The molecule has 0 amide bonds. The van der Waals surface area contributed by atoms with E-state index < -0.39 is 8.32 Å². The first-order valence-corrected chi connectivity index (χ1v) is 12.8. The van der Waals surface area contributed by atoms with E-state index in [1.807, 2.05) is 7.11 Å². The molecule has 0 N–H and O–H groups in total. The summed E-state index contributed by atoms with van der Waals surface area (Å²) >= 11 is 0. The summed E-state index contributed by atoms with van der Waals surface area (Å²) in [7, 11) is 0.257. The molecule has 6 atom stereocenters. The van der Waals surface area contributed by atoms with E-state index in [1.54, 1.807) is 0 Å². The zero-order valence-electron chi connectivity index (χ0n) is 16.0. The highest BCUT2D eigenvalue weighted by atomic mass is 28.4. The van der Waals surface area contributed by atoms with Crippen LogP contribution in [0.15, 0.2) is 0 Å². The van der Waals surface area contributed by atoms with E-state index >= 15 is 0 Å². The summed E-state index contributed by atoms with van der Waals surface area (Å²) in [6.45, 7) is 14.7. The van der Waals surface area contributed by atoms with Crippen LogP contribution in [-0.4, -0.2) is 38.8 Å². The van der Waals surface area contributed by atoms with Gasteiger partial charge in [-0.05, 0) is 82.3 Å². The highest BCUT2D eigenvalue weighted by Crippen LogP contribution is 2.76. The highest BCUT2D eigenvalue weighted by Gasteiger charge is 2.81. The third kappa shape index (κ3) is 1.98. The predicted molar refractivity (Wildman–Crippen MR) is 94.0 cm³/mol. The van der Waals surface area contributed by atoms with Crippen molar-refractivity contribution in [1.82, 2.24) is 0 Å². The smallest absolute Gasteiger partial charge is 0.184 e. The van der Waals surface area contributed by atoms with Crippen LogP contribution < -0.4 is 0 Å². The molecule has 1 heterocycles. The van der Waals surface area contributed by atoms with Gasteiger partial charge in [0, 0.05) is 7.11 Å². The number of methoxy groups -OCH3 is 1. The fraction of sp³-hybridized carbons (Fsp3) is 1.00. The molecule has 3 nitrogen and oxygen atoms in total. The molecule has 0 radical (unpaired) electrons. The third-order valence-corrected chi connectivity index (χ3v) is 8.65. The molecular weight excluding hydrogens is 304 g/mol. The first-order chi connectivity index (χ1) is 10.5. The van der Waals surface area contributed by atoms with E-state index in [0.717, 1.165) is 0 Å². The second-order valence-electron chi connectivity index (χ2n) is 10.5. The van der Waals surface area contributed by atoms with Crippen molar-refractivity contribution in [3.05, 3.63) is 0 Å². The molecule has 4 fully saturated rings. The van der Waals surface area contributed by atoms with Crippen LogP contribution in [0, 0.1) is 23.2 Å². The lowest BCUT2D eigenvalue weighted by atomic mass is 9.50. The maximum atomic E-state index is 6.92. The van der Waals surface area contributed by atoms with Crippen molar-refractivity contribution in [3.63, 3.8) is 0 Å². The van der Waals surface area contributed by atoms with Crippen LogP contribution in [0.25, 0.3) is 0 Å². The number of fused-ring (bicyclic) bond motifs is 4. The van der Waals surface area contributed by atoms with Crippen LogP contribution >= 0.6 is 0 Å². The average Bonchev–Trinajstić information content (AvgIpc) is 3.13. The predicted octanol–water partition coefficient (Wildman–Crippen LogP) is 4.23. The molecular formula is C19H34O3Si. The molecule has 23 heavy (non-hydrogen) atoms. The van der Waals surface area contributed by atoms with E-state index in [9.17, 15) is 0 Å². The van der Waals surface area contributed by atoms with Gasteiger partial charge >= 0.3 is 0 Å². The normalized spacial score (nSPS) is 53.6. The Labute approximate surface area is 142 Å². The number of rotatable bonds is 3. The van der Waals surface area contributed by atoms with Gasteiger partial charge < -0.3 is 13.9 Å². The standard InChI is InChI=1S/C19H34O3Si/c1-16(2)13-8-9-17(3)10-14(13)19(20-4,12-21-16)18(11-15(17)18)22-23(5,6)7/h13-15H,8-12H2,1-7H3/t13?,14-,15?,17-,18+,19-/m0/s1. The lowest BCUT2D eigenvalue weighted by molar-refractivity contribution is -0.301. The van der Waals surface area contributed by atoms with Crippen LogP contribution in [0.4, 0.5) is 0 Å². The van der Waals surface area contributed by atoms with Crippen molar-refractivity contribution in [2.75, 3.05) is 13.7 Å². The zero-order chi connectivity index (χ0) is 16.9. The number of ether oxygens (including phenoxy) is 2. The molecule has 2 unspecified atom stereocenters. The van der Waals surface area contributed by atoms with Gasteiger partial charge in [0.25, 0.3) is 0 Å². The topological polar surface area (TPSA) is 27.7 Å². The fourth-order valence-corrected chi connectivity index (χ4v) is 8.16. The van der Waals surface area contributed by atoms with Crippen molar-refractivity contribution in [3.8, 4) is 0 Å². The van der Waals surface area contributed by atoms with Gasteiger partial charge in [-0.3, -0.25) is 0 Å². The average molecular weight is 339 g/mol. The fourth-order valence-electron chi connectivity index (χ4n) is 6.66. The van der Waals surface area contributed by atoms with Crippen molar-refractivity contribution >= 4 is 8.32 Å². The largest absolute Gasteiger partial charge is 0.409 e. The van der Waals surface area contributed by atoms with Gasteiger partial charge in [-0.15, -0.1) is 0 Å². The summed E-state index contributed by atoms with van der Waals surface area (Å²) in [5, 5.41) is 0. The molecule has 3 saturated carbocycles. The molecule has 4 aliphatic rings. The third-order valence-electron chi connectivity index (χ3n) is 7.67. The summed E-state index contributed by atoms with van der Waals surface area (Å²) in [6, 6.07) is 0. The molecule has 0 aromatic heterocycles. The van der Waals surface area contributed by atoms with E-state index in [2.05, 4.69) is 40.4 Å². The van der Waals surface area contributed by atoms with Crippen LogP contribution in [0.5, 0.6) is 0 Å². The van der Waals surface area contributed by atoms with Gasteiger partial charge in [0.1, 0.15) is 5.60 Å². The van der Waals surface area contributed by atoms with Gasteiger partial charge in [-0.1, -0.05) is 6.92 Å². The van der Waals surface area contributed by atoms with Gasteiger partial charge in [-0.25, -0.2) is 0 Å². The van der Waals surface area contributed by atoms with Gasteiger partial charge in [0.2, 0.25) is 0 Å². The zero-order valence-corrected chi connectivity index (χ0v) is 17.0. The minimum absolute atomic E-state index is 0.0316. The van der Waals surface area contributed by atoms with Crippen molar-refractivity contribution < 1.29 is 13.9 Å². The van der Waals surface area contributed by atoms with Crippen LogP contribution in [0.1, 0.15) is 46.5 Å². The van der Waals surface area contributed by atoms with Crippen LogP contribution in [-0.2, 0) is 13.9 Å². The second kappa shape index (κ2) is 4.43. The van der Waals surface area contributed by atoms with Crippen molar-refractivity contribution in [2.45, 2.75) is 82.9 Å². The van der Waals surface area contributed by atoms with E-state index in [1.165, 1.54) is 25.7 Å². The van der Waals surface area contributed by atoms with Crippen molar-refractivity contribution in [2.24, 2.45) is 23.2 Å². The number of hydrogen-bond acceptors (Lipinski definition) is 3. The molecule has 4 heteroatoms. The van der Waals surface area contributed by atoms with Gasteiger partial charge in [-0.2, -0.15) is 0 Å². The molecule has 1 saturated heterocycles. The van der Waals surface area contributed by atoms with E-state index in [0.29, 0.717) is 29.8 Å². The summed E-state index contributed by atoms with van der Waals surface area (Å²) in [4.78, 5) is 0. The minimum Gasteiger partial charge on any atom is -0.409 e. The van der Waals surface area contributed by atoms with Gasteiger partial charge in [0.15, 0.2) is 8.32 Å². The Morgan fingerprint density at radius 2 is 1.70 bits per heavy atom. The Kier molecular flexibility index (Phi) is 3.19. The van der Waals surface area contributed by atoms with E-state index in [-0.39, 0.29) is 16.8 Å². The Bertz CT molecular complexity index is 527. The molecule has 1 aliphatic heterocycles. The van der Waals surface area contributed by atoms with Crippen LogP contribution in [0.3, 0.4) is 0 Å². The summed E-state index contributed by atoms with van der Waals surface area (Å²) in [5.41, 5.74) is 0.101. The number of hydrogen-bond donors (Lipinski definition) is 0. The molecule has 2 bridgehead atoms. The molecule has 132 valence electrons. The summed E-state index contributed by atoms with van der Waals surface area (Å²) in [6.07, 6.45) is 5.06. The lowest BCUT2D eigenvalue weighted by Gasteiger charge is -2.65. The molecule has 0 spiro atoms. The minimum atomic E-state index is -1.65. The quantitative estimate of drug-likeness (QED) is 0.721. The Balaban J connectivity index is 1.81. The molecule has 3 aliphatic carbocycles. The Morgan fingerprint density at radius 1 is 1.00 bits per heavy atom. The lowest BCUT2D eigenvalue weighted by Crippen LogP contribution is -2.72. The second-order valence-corrected chi connectivity index (χ2v) is 14.9. The van der Waals surface area contributed by atoms with Crippen molar-refractivity contribution in [1.29, 1.82) is 0 Å². The SMILES string of the molecule is CO[C@@]12COC(C)(C)C3CC[C@@](C)(C[C@@H]31)C1C[C@@]12O[Si](C)(C)C. The van der Waals surface area contributed by atoms with Crippen LogP contribution in [0.2, 0.25) is 19.6 Å². The first kappa shape index (κ1) is 16.6. The molecule has 0 aromatic carbocycles. The monoisotopic (exact) mass is 338 g/mol. The molecule has 4 rings (SSSR count). The molecule has 0 aromatic rings. The maximum absolute atomic E-state index is 6.92. The van der Waals surface area contributed by atoms with Gasteiger partial charge in [0.05, 0.1) is 17.8 Å². The Hall–Kier alpha value is 0.0969.